The summed E-state index contributed by atoms with van der Waals surface area (Å²) in [5, 5.41) is 51.8. The molecule has 0 unspecified atom stereocenters. The number of hydrogen-bond acceptors (Lipinski definition) is 18. The summed E-state index contributed by atoms with van der Waals surface area (Å²) in [5.74, 6) is -1.67. The Labute approximate surface area is 759 Å². The van der Waals surface area contributed by atoms with Crippen LogP contribution in [0.3, 0.4) is 0 Å². The molecule has 5 fully saturated rings. The molecule has 0 aromatic heterocycles. The van der Waals surface area contributed by atoms with Crippen LogP contribution < -0.4 is 5.46 Å². The number of benzene rings is 6. The van der Waals surface area contributed by atoms with Crippen molar-refractivity contribution in [3.05, 3.63) is 197 Å². The van der Waals surface area contributed by atoms with E-state index >= 15 is 0 Å². The fraction of sp³-hybridized carbons (Fsp3) is 0.482. The number of halogens is 6. The maximum atomic E-state index is 9.80. The normalized spacial score (nSPS) is 16.4. The fourth-order valence-corrected chi connectivity index (χ4v) is 13.4. The number of carboxylic acid groups (broad SMARTS) is 2. The Bertz CT molecular complexity index is 3910. The van der Waals surface area contributed by atoms with E-state index in [0.29, 0.717) is 9.47 Å². The van der Waals surface area contributed by atoms with Gasteiger partial charge in [0.15, 0.2) is 0 Å². The summed E-state index contributed by atoms with van der Waals surface area (Å²) in [6.07, 6.45) is 5.89. The first kappa shape index (κ1) is 108. The van der Waals surface area contributed by atoms with Gasteiger partial charge in [0.2, 0.25) is 0 Å². The van der Waals surface area contributed by atoms with Crippen LogP contribution in [-0.2, 0) is 80.3 Å². The number of likely N-dealkylation sites (N-methyl/N-ethyl adjacent to an activating group) is 4. The van der Waals surface area contributed by atoms with Crippen LogP contribution in [0.1, 0.15) is 136 Å². The van der Waals surface area contributed by atoms with Crippen molar-refractivity contribution in [1.82, 2.24) is 39.2 Å². The van der Waals surface area contributed by atoms with Crippen LogP contribution in [-0.4, -0.2) is 220 Å². The van der Waals surface area contributed by atoms with Crippen LogP contribution in [0.5, 0.6) is 0 Å². The van der Waals surface area contributed by atoms with Crippen LogP contribution in [0.15, 0.2) is 139 Å². The number of rotatable bonds is 11. The number of nitriles is 4. The van der Waals surface area contributed by atoms with E-state index in [2.05, 4.69) is 328 Å². The van der Waals surface area contributed by atoms with E-state index in [1.165, 1.54) is 75.1 Å². The number of thiol groups is 1. The smallest absolute Gasteiger partial charge is 0 e. The predicted octanol–water partition coefficient (Wildman–Crippen LogP) is 17.3. The maximum absolute atomic E-state index is 9.80. The second-order valence-electron chi connectivity index (χ2n) is 28.5. The molecular formula is C83H113B2Br4I2N13O6PdSV-. The second-order valence-corrected chi connectivity index (χ2v) is 43.8. The van der Waals surface area contributed by atoms with Gasteiger partial charge in [-0.2, -0.15) is 27.5 Å². The summed E-state index contributed by atoms with van der Waals surface area (Å²) in [6.45, 7) is 40.0. The standard InChI is InChI=1S/C27H37N5.C19H31BN2O2.C14H18BrN3.C8H5Br2N.C8H6BrN.C3H7.2C2H4O2.BHNS.2HI.Pd.V/c1-29-11-3-13-31(17-15-29)21-23-5-7-24(8-6-23)25-9-10-26(27(19-25)20-28)22-32-14-4-12-30(2)16-18-32;1-18(2)19(3,4)24-20(23-18)17-9-7-16(8-10-17)15-22-12-6-11-21(5)13-14-22;1-17-5-2-6-18(8-7-17)11-12-3-4-14(15)9-13(12)10-16;9-4-6-1-2-8(10)3-7(6)5-11;1-6-2-3-8(9)4-7(6)5-10;1-3-2;2*1-2(3)4;1-2-3;;;;/h5-10,19H,3-4,11-18,21-22H2,1-2H3;7-10H,6,11-15H2,1-5H3;3-4,9H,2,5-8,11H2,1H3;1-3H,4H2;2-4H,1H3;1,3H2,2H3;2*1H3,(H,3,4);3H;2*1H;;/q;;;;;-1;;;;;;;+2/p-2. The van der Waals surface area contributed by atoms with Gasteiger partial charge < -0.3 is 46.0 Å². The van der Waals surface area contributed by atoms with Crippen LogP contribution in [0.4, 0.5) is 0 Å². The summed E-state index contributed by atoms with van der Waals surface area (Å²) in [4.78, 5) is 37.6. The SMILES string of the molecule is CC(=O)O.CC(=O)O.CN1CCCN(Cc2ccc(-c3ccc(CN4CCCN(C)CC4)c(C#N)c3)cc2)CC1.CN1CCCN(Cc2ccc(B3OC(C)(C)C(C)(C)O3)cc2)CC1.CN1CCCN(Cc2ccc(Br)cc2C#N)CC1.Cc1ccc(Br)cc1C#N.N#Cc1cc(Br)ccc1CBr.[B]=NS.[CH2-]CC.[I][V][I].[Pd]. The van der Waals surface area contributed by atoms with Crippen LogP contribution in [0, 0.1) is 59.2 Å². The largest absolute Gasteiger partial charge is 0 e. The number of aryl methyl sites for hydroxylation is 1. The minimum absolute atomic E-state index is 0. The van der Waals surface area contributed by atoms with Gasteiger partial charge in [0.1, 0.15) is 0 Å². The third-order valence-electron chi connectivity index (χ3n) is 18.7. The van der Waals surface area contributed by atoms with E-state index in [1.54, 1.807) is 0 Å². The summed E-state index contributed by atoms with van der Waals surface area (Å²) >= 11 is 21.2. The van der Waals surface area contributed by atoms with Crippen LogP contribution in [0.25, 0.3) is 11.1 Å². The zero-order valence-corrected chi connectivity index (χ0v) is 82.1. The van der Waals surface area contributed by atoms with Gasteiger partial charge in [-0.1, -0.05) is 150 Å². The van der Waals surface area contributed by atoms with Crippen molar-refractivity contribution in [2.45, 2.75) is 130 Å². The molecule has 0 spiro atoms. The van der Waals surface area contributed by atoms with Crippen LogP contribution >= 0.6 is 116 Å². The van der Waals surface area contributed by atoms with Gasteiger partial charge in [0.25, 0.3) is 11.9 Å². The average molecular weight is 2170 g/mol. The number of carboxylic acids is 2. The minimum atomic E-state index is -0.833. The van der Waals surface area contributed by atoms with Gasteiger partial charge in [-0.15, -0.1) is 0 Å². The van der Waals surface area contributed by atoms with E-state index in [1.807, 2.05) is 62.4 Å². The summed E-state index contributed by atoms with van der Waals surface area (Å²) < 4.78 is 17.8. The van der Waals surface area contributed by atoms with Crippen molar-refractivity contribution in [2.75, 3.05) is 133 Å². The molecule has 0 amide bonds. The molecule has 0 saturated carbocycles. The summed E-state index contributed by atoms with van der Waals surface area (Å²) in [5.41, 5.74) is 12.9. The number of alkyl halides is 1. The van der Waals surface area contributed by atoms with E-state index in [-0.39, 0.29) is 38.7 Å². The fourth-order valence-electron chi connectivity index (χ4n) is 11.9. The molecule has 30 heteroatoms. The molecule has 113 heavy (non-hydrogen) atoms. The van der Waals surface area contributed by atoms with Crippen molar-refractivity contribution in [3.63, 3.8) is 0 Å². The Balaban J connectivity index is 0.000000700. The molecule has 0 atom stereocenters. The quantitative estimate of drug-likeness (QED) is 0.0360. The topological polar surface area (TPSA) is 226 Å². The van der Waals surface area contributed by atoms with E-state index in [9.17, 15) is 10.5 Å². The maximum Gasteiger partial charge on any atom is 0 e. The van der Waals surface area contributed by atoms with Crippen LogP contribution in [0.2, 0.25) is 0 Å². The molecule has 5 heterocycles. The van der Waals surface area contributed by atoms with Crippen molar-refractivity contribution in [2.24, 2.45) is 4.30 Å². The van der Waals surface area contributed by atoms with Gasteiger partial charge in [0.05, 0.1) is 57.7 Å². The Morgan fingerprint density at radius 2 is 0.805 bits per heavy atom. The number of carbonyl (C=O) groups is 2. The molecule has 0 aliphatic carbocycles. The first-order valence-electron chi connectivity index (χ1n) is 37.2. The van der Waals surface area contributed by atoms with Crippen molar-refractivity contribution in [1.29, 1.82) is 21.0 Å². The third-order valence-corrected chi connectivity index (χ3v) is 20.8. The van der Waals surface area contributed by atoms with Gasteiger partial charge in [0, 0.05) is 132 Å². The second kappa shape index (κ2) is 61.1. The van der Waals surface area contributed by atoms with Crippen molar-refractivity contribution in [3.8, 4) is 35.4 Å². The molecule has 5 aliphatic rings. The van der Waals surface area contributed by atoms with E-state index in [0.717, 1.165) is 193 Å². The monoisotopic (exact) mass is 2170 g/mol. The van der Waals surface area contributed by atoms with Gasteiger partial charge in [-0.3, -0.25) is 29.2 Å². The molecule has 5 saturated heterocycles. The predicted molar refractivity (Wildman–Crippen MR) is 490 cm³/mol. The van der Waals surface area contributed by atoms with Gasteiger partial charge >= 0.3 is 81.3 Å². The zero-order chi connectivity index (χ0) is 83.8. The van der Waals surface area contributed by atoms with Gasteiger partial charge in [-0.05, 0) is 233 Å². The molecule has 11 rings (SSSR count). The Morgan fingerprint density at radius 1 is 0.522 bits per heavy atom. The molecule has 5 aliphatic heterocycles. The summed E-state index contributed by atoms with van der Waals surface area (Å²) in [7, 11) is 13.5. The number of nitrogens with zero attached hydrogens (tertiary/aromatic N) is 13. The molecular weight excluding hydrogens is 2060 g/mol. The van der Waals surface area contributed by atoms with Gasteiger partial charge in [-0.25, -0.2) is 0 Å². The zero-order valence-electron chi connectivity index (χ0n) is 67.6. The molecule has 19 nitrogen and oxygen atoms in total. The molecule has 0 bridgehead atoms. The Hall–Kier alpha value is -3.27. The third kappa shape index (κ3) is 45.1. The molecule has 6 aromatic rings. The minimum Gasteiger partial charge on any atom is 0 e. The Kier molecular flexibility index (Phi) is 58.2. The van der Waals surface area contributed by atoms with E-state index < -0.39 is 11.9 Å². The average Bonchev–Trinajstić information content (AvgIpc) is 1.63. The summed E-state index contributed by atoms with van der Waals surface area (Å²) in [6, 6.07) is 50.3. The Morgan fingerprint density at radius 3 is 1.14 bits per heavy atom. The van der Waals surface area contributed by atoms with Crippen molar-refractivity contribution >= 4 is 149 Å². The molecule has 2 N–H and O–H groups in total. The number of hydrogen-bond donors (Lipinski definition) is 3. The number of aliphatic carboxylic acids is 2. The molecule has 616 valence electrons. The van der Waals surface area contributed by atoms with E-state index in [4.69, 9.17) is 39.6 Å². The first-order chi connectivity index (χ1) is 53.3. The first-order valence-corrected chi connectivity index (χ1v) is 50.1. The van der Waals surface area contributed by atoms with Crippen molar-refractivity contribution < 1.29 is 59.0 Å². The molecule has 6 aromatic carbocycles. The molecule has 1 radical (unpaired) electrons.